The van der Waals surface area contributed by atoms with Crippen LogP contribution in [0.5, 0.6) is 0 Å². The molecular weight excluding hydrogens is 352 g/mol. The fraction of sp³-hybridized carbons (Fsp3) is 0.278. The van der Waals surface area contributed by atoms with E-state index in [1.807, 2.05) is 6.07 Å². The molecule has 0 bridgehead atoms. The summed E-state index contributed by atoms with van der Waals surface area (Å²) < 4.78 is 57.0. The molecule has 0 aliphatic carbocycles. The molecular formula is C18H16F4N2O2. The number of halogens is 4. The van der Waals surface area contributed by atoms with Gasteiger partial charge in [-0.05, 0) is 36.4 Å². The molecule has 1 fully saturated rings. The molecule has 4 nitrogen and oxygen atoms in total. The average molecular weight is 368 g/mol. The van der Waals surface area contributed by atoms with Gasteiger partial charge in [0.25, 0.3) is 5.91 Å². The Kier molecular flexibility index (Phi) is 5.13. The number of amides is 1. The second kappa shape index (κ2) is 7.33. The molecule has 0 unspecified atom stereocenters. The lowest BCUT2D eigenvalue weighted by atomic mass is 10.1. The summed E-state index contributed by atoms with van der Waals surface area (Å²) in [6.07, 6.45) is -4.86. The first-order chi connectivity index (χ1) is 12.3. The molecule has 1 aliphatic heterocycles. The maximum Gasteiger partial charge on any atom is 0.419 e. The lowest BCUT2D eigenvalue weighted by molar-refractivity contribution is -0.140. The molecule has 3 rings (SSSR count). The van der Waals surface area contributed by atoms with E-state index in [2.05, 4.69) is 10.2 Å². The fourth-order valence-electron chi connectivity index (χ4n) is 2.69. The lowest BCUT2D eigenvalue weighted by Gasteiger charge is -2.29. The Bertz CT molecular complexity index is 802. The van der Waals surface area contributed by atoms with Crippen molar-refractivity contribution < 1.29 is 27.1 Å². The fourth-order valence-corrected chi connectivity index (χ4v) is 2.69. The zero-order chi connectivity index (χ0) is 18.7. The number of rotatable bonds is 3. The van der Waals surface area contributed by atoms with Crippen LogP contribution in [0.1, 0.15) is 15.9 Å². The molecule has 0 atom stereocenters. The lowest BCUT2D eigenvalue weighted by Crippen LogP contribution is -2.36. The minimum Gasteiger partial charge on any atom is -0.378 e. The van der Waals surface area contributed by atoms with Crippen LogP contribution in [-0.4, -0.2) is 32.2 Å². The van der Waals surface area contributed by atoms with E-state index in [9.17, 15) is 22.4 Å². The van der Waals surface area contributed by atoms with Crippen molar-refractivity contribution >= 4 is 17.3 Å². The van der Waals surface area contributed by atoms with E-state index in [1.165, 1.54) is 0 Å². The van der Waals surface area contributed by atoms with E-state index >= 15 is 0 Å². The predicted octanol–water partition coefficient (Wildman–Crippen LogP) is 3.93. The summed E-state index contributed by atoms with van der Waals surface area (Å²) >= 11 is 0. The maximum atomic E-state index is 13.3. The molecule has 0 saturated carbocycles. The van der Waals surface area contributed by atoms with Gasteiger partial charge in [-0.3, -0.25) is 4.79 Å². The third-order valence-corrected chi connectivity index (χ3v) is 4.01. The first-order valence-corrected chi connectivity index (χ1v) is 7.95. The molecule has 26 heavy (non-hydrogen) atoms. The Balaban J connectivity index is 1.78. The molecule has 8 heteroatoms. The average Bonchev–Trinajstić information content (AvgIpc) is 2.62. The van der Waals surface area contributed by atoms with Gasteiger partial charge in [0.05, 0.1) is 18.8 Å². The topological polar surface area (TPSA) is 41.6 Å². The van der Waals surface area contributed by atoms with Crippen LogP contribution in [0.2, 0.25) is 0 Å². The molecule has 1 saturated heterocycles. The zero-order valence-corrected chi connectivity index (χ0v) is 13.6. The molecule has 2 aromatic carbocycles. The van der Waals surface area contributed by atoms with E-state index in [0.29, 0.717) is 44.1 Å². The van der Waals surface area contributed by atoms with Crippen molar-refractivity contribution in [2.75, 3.05) is 36.5 Å². The van der Waals surface area contributed by atoms with Crippen molar-refractivity contribution in [2.45, 2.75) is 6.18 Å². The Hall–Kier alpha value is -2.61. The highest BCUT2D eigenvalue weighted by atomic mass is 19.4. The van der Waals surface area contributed by atoms with Gasteiger partial charge in [0.1, 0.15) is 5.82 Å². The summed E-state index contributed by atoms with van der Waals surface area (Å²) in [5.41, 5.74) is -0.416. The van der Waals surface area contributed by atoms with E-state index in [-0.39, 0.29) is 5.56 Å². The molecule has 138 valence electrons. The standard InChI is InChI=1S/C18H16F4N2O2/c19-16-5-4-12(10-15(16)18(20,21)22)17(25)23-13-2-1-3-14(11-13)24-6-8-26-9-7-24/h1-5,10-11H,6-9H2,(H,23,25). The molecule has 1 heterocycles. The Morgan fingerprint density at radius 1 is 1.08 bits per heavy atom. The van der Waals surface area contributed by atoms with Crippen molar-refractivity contribution in [1.82, 2.24) is 0 Å². The number of nitrogens with one attached hydrogen (secondary N) is 1. The first kappa shape index (κ1) is 18.2. The van der Waals surface area contributed by atoms with E-state index in [0.717, 1.165) is 11.8 Å². The van der Waals surface area contributed by atoms with Crippen molar-refractivity contribution in [2.24, 2.45) is 0 Å². The minimum atomic E-state index is -4.86. The van der Waals surface area contributed by atoms with Gasteiger partial charge in [0, 0.05) is 30.0 Å². The van der Waals surface area contributed by atoms with Gasteiger partial charge in [0.15, 0.2) is 0 Å². The van der Waals surface area contributed by atoms with Gasteiger partial charge in [-0.1, -0.05) is 6.07 Å². The van der Waals surface area contributed by atoms with Crippen LogP contribution in [0.4, 0.5) is 28.9 Å². The van der Waals surface area contributed by atoms with Crippen LogP contribution in [0.3, 0.4) is 0 Å². The first-order valence-electron chi connectivity index (χ1n) is 7.95. The second-order valence-electron chi connectivity index (χ2n) is 5.80. The van der Waals surface area contributed by atoms with Crippen molar-refractivity contribution in [1.29, 1.82) is 0 Å². The highest BCUT2D eigenvalue weighted by Crippen LogP contribution is 2.32. The van der Waals surface area contributed by atoms with E-state index in [4.69, 9.17) is 4.74 Å². The highest BCUT2D eigenvalue weighted by Gasteiger charge is 2.34. The van der Waals surface area contributed by atoms with Crippen molar-refractivity contribution in [3.8, 4) is 0 Å². The summed E-state index contributed by atoms with van der Waals surface area (Å²) in [5.74, 6) is -2.15. The number of hydrogen-bond donors (Lipinski definition) is 1. The number of carbonyl (C=O) groups excluding carboxylic acids is 1. The Morgan fingerprint density at radius 2 is 1.81 bits per heavy atom. The van der Waals surface area contributed by atoms with Crippen LogP contribution in [0, 0.1) is 5.82 Å². The van der Waals surface area contributed by atoms with Crippen LogP contribution in [0.25, 0.3) is 0 Å². The van der Waals surface area contributed by atoms with Crippen molar-refractivity contribution in [3.63, 3.8) is 0 Å². The number of ether oxygens (including phenoxy) is 1. The second-order valence-corrected chi connectivity index (χ2v) is 5.80. The molecule has 1 aliphatic rings. The zero-order valence-electron chi connectivity index (χ0n) is 13.6. The smallest absolute Gasteiger partial charge is 0.378 e. The summed E-state index contributed by atoms with van der Waals surface area (Å²) in [7, 11) is 0. The Morgan fingerprint density at radius 3 is 2.50 bits per heavy atom. The molecule has 1 amide bonds. The number of benzene rings is 2. The van der Waals surface area contributed by atoms with Gasteiger partial charge >= 0.3 is 6.18 Å². The number of anilines is 2. The highest BCUT2D eigenvalue weighted by molar-refractivity contribution is 6.04. The normalized spacial score (nSPS) is 15.0. The number of nitrogens with zero attached hydrogens (tertiary/aromatic N) is 1. The van der Waals surface area contributed by atoms with Gasteiger partial charge in [-0.2, -0.15) is 13.2 Å². The van der Waals surface area contributed by atoms with Gasteiger partial charge in [0.2, 0.25) is 0 Å². The Labute approximate surface area is 147 Å². The van der Waals surface area contributed by atoms with Gasteiger partial charge in [-0.15, -0.1) is 0 Å². The van der Waals surface area contributed by atoms with Gasteiger partial charge in [-0.25, -0.2) is 4.39 Å². The number of hydrogen-bond acceptors (Lipinski definition) is 3. The summed E-state index contributed by atoms with van der Waals surface area (Å²) in [4.78, 5) is 14.3. The number of alkyl halides is 3. The third-order valence-electron chi connectivity index (χ3n) is 4.01. The SMILES string of the molecule is O=C(Nc1cccc(N2CCOCC2)c1)c1ccc(F)c(C(F)(F)F)c1. The molecule has 0 aromatic heterocycles. The molecule has 0 radical (unpaired) electrons. The van der Waals surface area contributed by atoms with E-state index < -0.39 is 23.5 Å². The molecule has 0 spiro atoms. The summed E-state index contributed by atoms with van der Waals surface area (Å²) in [5, 5.41) is 2.55. The van der Waals surface area contributed by atoms with Crippen LogP contribution in [0.15, 0.2) is 42.5 Å². The molecule has 2 aromatic rings. The van der Waals surface area contributed by atoms with Gasteiger partial charge < -0.3 is 15.0 Å². The number of carbonyl (C=O) groups is 1. The third kappa shape index (κ3) is 4.13. The minimum absolute atomic E-state index is 0.268. The monoisotopic (exact) mass is 368 g/mol. The van der Waals surface area contributed by atoms with Crippen LogP contribution >= 0.6 is 0 Å². The largest absolute Gasteiger partial charge is 0.419 e. The quantitative estimate of drug-likeness (QED) is 0.835. The maximum absolute atomic E-state index is 13.3. The van der Waals surface area contributed by atoms with Crippen LogP contribution < -0.4 is 10.2 Å². The predicted molar refractivity (Wildman–Crippen MR) is 88.8 cm³/mol. The summed E-state index contributed by atoms with van der Waals surface area (Å²) in [6.45, 7) is 2.63. The molecule has 1 N–H and O–H groups in total. The number of morpholine rings is 1. The van der Waals surface area contributed by atoms with E-state index in [1.54, 1.807) is 18.2 Å². The summed E-state index contributed by atoms with van der Waals surface area (Å²) in [6, 6.07) is 9.16. The van der Waals surface area contributed by atoms with Crippen molar-refractivity contribution in [3.05, 3.63) is 59.4 Å². The van der Waals surface area contributed by atoms with Crippen LogP contribution in [-0.2, 0) is 10.9 Å².